The summed E-state index contributed by atoms with van der Waals surface area (Å²) in [5.41, 5.74) is 3.81. The fraction of sp³-hybridized carbons (Fsp3) is 0.857. The molecule has 1 rings (SSSR count). The van der Waals surface area contributed by atoms with Crippen molar-refractivity contribution in [3.05, 3.63) is 0 Å². The van der Waals surface area contributed by atoms with Gasteiger partial charge in [-0.2, -0.15) is 0 Å². The highest BCUT2D eigenvalue weighted by atomic mass is 28.3. The van der Waals surface area contributed by atoms with E-state index in [1.165, 1.54) is 12.8 Å². The minimum absolute atomic E-state index is 0.143. The quantitative estimate of drug-likeness (QED) is 0.498. The molecule has 0 unspecified atom stereocenters. The van der Waals surface area contributed by atoms with E-state index in [4.69, 9.17) is 4.74 Å². The van der Waals surface area contributed by atoms with Gasteiger partial charge in [0.25, 0.3) is 0 Å². The van der Waals surface area contributed by atoms with Crippen molar-refractivity contribution >= 4 is 8.07 Å². The summed E-state index contributed by atoms with van der Waals surface area (Å²) < 4.78 is 5.72. The van der Waals surface area contributed by atoms with Crippen LogP contribution in [0, 0.1) is 16.9 Å². The van der Waals surface area contributed by atoms with Crippen molar-refractivity contribution in [1.29, 1.82) is 0 Å². The fourth-order valence-electron chi connectivity index (χ4n) is 2.01. The number of ether oxygens (including phenoxy) is 1. The van der Waals surface area contributed by atoms with Crippen LogP contribution in [0.15, 0.2) is 0 Å². The molecule has 0 heterocycles. The summed E-state index contributed by atoms with van der Waals surface area (Å²) in [5, 5.41) is 0. The Labute approximate surface area is 102 Å². The third-order valence-corrected chi connectivity index (χ3v) is 4.34. The smallest absolute Gasteiger partial charge is 0.129 e. The summed E-state index contributed by atoms with van der Waals surface area (Å²) in [6.07, 6.45) is 4.63. The third kappa shape index (κ3) is 3.96. The Balaban J connectivity index is 2.77. The fourth-order valence-corrected chi connectivity index (χ4v) is 2.61. The van der Waals surface area contributed by atoms with Crippen molar-refractivity contribution in [2.75, 3.05) is 7.11 Å². The van der Waals surface area contributed by atoms with Gasteiger partial charge in [-0.25, -0.2) is 0 Å². The average molecular weight is 238 g/mol. The van der Waals surface area contributed by atoms with E-state index in [0.717, 1.165) is 12.8 Å². The third-order valence-electron chi connectivity index (χ3n) is 3.47. The zero-order valence-electron chi connectivity index (χ0n) is 11.7. The van der Waals surface area contributed by atoms with Gasteiger partial charge in [-0.05, 0) is 31.1 Å². The standard InChI is InChI=1S/C14H26OSi/c1-13(2)7-9-14(15-3,10-8-13)11-12-16(4,5)6/h7-10H2,1-6H3. The Morgan fingerprint density at radius 3 is 1.88 bits per heavy atom. The maximum Gasteiger partial charge on any atom is 0.129 e. The van der Waals surface area contributed by atoms with E-state index in [0.29, 0.717) is 5.41 Å². The zero-order valence-corrected chi connectivity index (χ0v) is 12.7. The summed E-state index contributed by atoms with van der Waals surface area (Å²) >= 11 is 0. The molecule has 0 spiro atoms. The van der Waals surface area contributed by atoms with Crippen molar-refractivity contribution in [2.45, 2.75) is 64.8 Å². The molecule has 0 bridgehead atoms. The van der Waals surface area contributed by atoms with Crippen molar-refractivity contribution in [3.8, 4) is 11.5 Å². The van der Waals surface area contributed by atoms with E-state index in [-0.39, 0.29) is 5.60 Å². The van der Waals surface area contributed by atoms with Crippen molar-refractivity contribution in [1.82, 2.24) is 0 Å². The van der Waals surface area contributed by atoms with Crippen LogP contribution in [0.1, 0.15) is 39.5 Å². The van der Waals surface area contributed by atoms with Crippen LogP contribution < -0.4 is 0 Å². The van der Waals surface area contributed by atoms with Gasteiger partial charge in [-0.15, -0.1) is 5.54 Å². The molecule has 1 fully saturated rings. The highest BCUT2D eigenvalue weighted by molar-refractivity contribution is 6.83. The van der Waals surface area contributed by atoms with Crippen molar-refractivity contribution < 1.29 is 4.74 Å². The summed E-state index contributed by atoms with van der Waals surface area (Å²) in [4.78, 5) is 0. The average Bonchev–Trinajstić information content (AvgIpc) is 2.16. The van der Waals surface area contributed by atoms with Crippen molar-refractivity contribution in [3.63, 3.8) is 0 Å². The van der Waals surface area contributed by atoms with E-state index in [9.17, 15) is 0 Å². The van der Waals surface area contributed by atoms with Crippen LogP contribution in [0.2, 0.25) is 19.6 Å². The lowest BCUT2D eigenvalue weighted by Crippen LogP contribution is -2.38. The Hall–Kier alpha value is -0.263. The number of hydrogen-bond donors (Lipinski definition) is 0. The lowest BCUT2D eigenvalue weighted by molar-refractivity contribution is -0.0162. The molecule has 0 atom stereocenters. The highest BCUT2D eigenvalue weighted by Gasteiger charge is 2.37. The number of methoxy groups -OCH3 is 1. The Morgan fingerprint density at radius 1 is 1.00 bits per heavy atom. The first-order valence-corrected chi connectivity index (χ1v) is 9.78. The van der Waals surface area contributed by atoms with E-state index in [1.807, 2.05) is 7.11 Å². The molecule has 0 radical (unpaired) electrons. The second kappa shape index (κ2) is 4.54. The maximum absolute atomic E-state index is 5.72. The van der Waals surface area contributed by atoms with Gasteiger partial charge in [0.2, 0.25) is 0 Å². The SMILES string of the molecule is COC1(C#C[Si](C)(C)C)CCC(C)(C)CC1. The molecule has 1 aliphatic carbocycles. The van der Waals surface area contributed by atoms with Crippen LogP contribution >= 0.6 is 0 Å². The van der Waals surface area contributed by atoms with Gasteiger partial charge in [-0.1, -0.05) is 39.4 Å². The molecular formula is C14H26OSi. The van der Waals surface area contributed by atoms with Crippen LogP contribution in [0.4, 0.5) is 0 Å². The normalized spacial score (nSPS) is 23.4. The molecule has 92 valence electrons. The first-order chi connectivity index (χ1) is 7.18. The molecular weight excluding hydrogens is 212 g/mol. The van der Waals surface area contributed by atoms with Crippen LogP contribution in [0.25, 0.3) is 0 Å². The molecule has 0 aromatic heterocycles. The van der Waals surface area contributed by atoms with Gasteiger partial charge in [0.1, 0.15) is 13.7 Å². The van der Waals surface area contributed by atoms with E-state index in [2.05, 4.69) is 45.0 Å². The predicted molar refractivity (Wildman–Crippen MR) is 73.1 cm³/mol. The van der Waals surface area contributed by atoms with E-state index >= 15 is 0 Å². The van der Waals surface area contributed by atoms with Gasteiger partial charge >= 0.3 is 0 Å². The van der Waals surface area contributed by atoms with E-state index in [1.54, 1.807) is 0 Å². The lowest BCUT2D eigenvalue weighted by atomic mass is 9.71. The molecule has 0 aromatic rings. The first-order valence-electron chi connectivity index (χ1n) is 6.28. The second-order valence-corrected chi connectivity index (χ2v) is 11.6. The van der Waals surface area contributed by atoms with Gasteiger partial charge in [0.15, 0.2) is 0 Å². The molecule has 0 N–H and O–H groups in total. The number of rotatable bonds is 1. The second-order valence-electron chi connectivity index (χ2n) is 6.86. The summed E-state index contributed by atoms with van der Waals surface area (Å²) in [6.45, 7) is 11.6. The number of hydrogen-bond acceptors (Lipinski definition) is 1. The molecule has 0 aliphatic heterocycles. The van der Waals surface area contributed by atoms with Gasteiger partial charge < -0.3 is 4.74 Å². The largest absolute Gasteiger partial charge is 0.366 e. The van der Waals surface area contributed by atoms with Crippen LogP contribution in [-0.4, -0.2) is 20.8 Å². The minimum Gasteiger partial charge on any atom is -0.366 e. The highest BCUT2D eigenvalue weighted by Crippen LogP contribution is 2.41. The zero-order chi connectivity index (χ0) is 12.4. The molecule has 1 nitrogen and oxygen atoms in total. The summed E-state index contributed by atoms with van der Waals surface area (Å²) in [5.74, 6) is 3.45. The molecule has 16 heavy (non-hydrogen) atoms. The van der Waals surface area contributed by atoms with Crippen LogP contribution in [0.3, 0.4) is 0 Å². The van der Waals surface area contributed by atoms with Crippen LogP contribution in [0.5, 0.6) is 0 Å². The van der Waals surface area contributed by atoms with Gasteiger partial charge in [0, 0.05) is 7.11 Å². The Kier molecular flexibility index (Phi) is 3.92. The molecule has 0 amide bonds. The van der Waals surface area contributed by atoms with Gasteiger partial charge in [-0.3, -0.25) is 0 Å². The van der Waals surface area contributed by atoms with Crippen molar-refractivity contribution in [2.24, 2.45) is 5.41 Å². The molecule has 1 saturated carbocycles. The van der Waals surface area contributed by atoms with Crippen LogP contribution in [-0.2, 0) is 4.74 Å². The molecule has 1 aliphatic rings. The molecule has 0 aromatic carbocycles. The molecule has 0 saturated heterocycles. The summed E-state index contributed by atoms with van der Waals surface area (Å²) in [7, 11) is 0.535. The van der Waals surface area contributed by atoms with Gasteiger partial charge in [0.05, 0.1) is 0 Å². The lowest BCUT2D eigenvalue weighted by Gasteiger charge is -2.39. The predicted octanol–water partition coefficient (Wildman–Crippen LogP) is 3.85. The maximum atomic E-state index is 5.72. The molecule has 2 heteroatoms. The minimum atomic E-state index is -1.28. The Bertz CT molecular complexity index is 291. The first kappa shape index (κ1) is 13.8. The topological polar surface area (TPSA) is 9.23 Å². The monoisotopic (exact) mass is 238 g/mol. The summed E-state index contributed by atoms with van der Waals surface area (Å²) in [6, 6.07) is 0. The van der Waals surface area contributed by atoms with E-state index < -0.39 is 8.07 Å². The Morgan fingerprint density at radius 2 is 1.50 bits per heavy atom.